The molecule has 21 heavy (non-hydrogen) atoms. The Labute approximate surface area is 122 Å². The van der Waals surface area contributed by atoms with E-state index in [-0.39, 0.29) is 0 Å². The van der Waals surface area contributed by atoms with Crippen LogP contribution < -0.4 is 5.32 Å². The minimum atomic E-state index is -4.32. The molecule has 0 amide bonds. The number of furan rings is 1. The molecule has 0 spiro atoms. The van der Waals surface area contributed by atoms with Gasteiger partial charge in [0, 0.05) is 11.6 Å². The van der Waals surface area contributed by atoms with Crippen molar-refractivity contribution in [2.75, 3.05) is 0 Å². The van der Waals surface area contributed by atoms with Gasteiger partial charge in [0.1, 0.15) is 11.5 Å². The van der Waals surface area contributed by atoms with Crippen molar-refractivity contribution in [1.29, 1.82) is 0 Å². The molecule has 0 fully saturated rings. The van der Waals surface area contributed by atoms with Crippen LogP contribution in [0.25, 0.3) is 11.3 Å². The second-order valence-corrected chi connectivity index (χ2v) is 5.33. The van der Waals surface area contributed by atoms with Gasteiger partial charge in [-0.1, -0.05) is 19.9 Å². The highest BCUT2D eigenvalue weighted by atomic mass is 19.4. The van der Waals surface area contributed by atoms with Crippen LogP contribution in [0.1, 0.15) is 30.7 Å². The molecule has 2 rings (SSSR count). The minimum absolute atomic E-state index is 0.339. The summed E-state index contributed by atoms with van der Waals surface area (Å²) in [6.45, 7) is 6.31. The van der Waals surface area contributed by atoms with Crippen LogP contribution in [0.15, 0.2) is 34.7 Å². The largest absolute Gasteiger partial charge is 0.460 e. The SMILES string of the molecule is Cc1cc(C(F)(F)F)ccc1-c1ccc(CNC(C)C)o1. The highest BCUT2D eigenvalue weighted by Crippen LogP contribution is 2.33. The first-order valence-electron chi connectivity index (χ1n) is 6.77. The third kappa shape index (κ3) is 3.88. The summed E-state index contributed by atoms with van der Waals surface area (Å²) < 4.78 is 43.6. The molecule has 0 unspecified atom stereocenters. The van der Waals surface area contributed by atoms with Crippen LogP contribution in [0.2, 0.25) is 0 Å². The smallest absolute Gasteiger partial charge is 0.416 e. The standard InChI is InChI=1S/C16H18F3NO/c1-10(2)20-9-13-5-7-15(21-13)14-6-4-12(8-11(14)3)16(17,18)19/h4-8,10,20H,9H2,1-3H3. The van der Waals surface area contributed by atoms with Crippen molar-refractivity contribution >= 4 is 0 Å². The van der Waals surface area contributed by atoms with E-state index in [1.807, 2.05) is 19.9 Å². The Morgan fingerprint density at radius 1 is 1.14 bits per heavy atom. The Morgan fingerprint density at radius 3 is 2.43 bits per heavy atom. The van der Waals surface area contributed by atoms with E-state index >= 15 is 0 Å². The average molecular weight is 297 g/mol. The number of halogens is 3. The Balaban J connectivity index is 2.23. The van der Waals surface area contributed by atoms with Crippen LogP contribution in [0.3, 0.4) is 0 Å². The molecule has 0 aliphatic carbocycles. The van der Waals surface area contributed by atoms with Gasteiger partial charge in [-0.15, -0.1) is 0 Å². The van der Waals surface area contributed by atoms with E-state index in [1.165, 1.54) is 6.07 Å². The minimum Gasteiger partial charge on any atom is -0.460 e. The second kappa shape index (κ2) is 5.93. The summed E-state index contributed by atoms with van der Waals surface area (Å²) in [5, 5.41) is 3.23. The van der Waals surface area contributed by atoms with Gasteiger partial charge in [-0.05, 0) is 36.8 Å². The lowest BCUT2D eigenvalue weighted by Gasteiger charge is -2.10. The van der Waals surface area contributed by atoms with Gasteiger partial charge in [0.2, 0.25) is 0 Å². The van der Waals surface area contributed by atoms with Crippen LogP contribution in [0.5, 0.6) is 0 Å². The quantitative estimate of drug-likeness (QED) is 0.879. The van der Waals surface area contributed by atoms with Gasteiger partial charge in [0.25, 0.3) is 0 Å². The number of hydrogen-bond donors (Lipinski definition) is 1. The molecule has 0 aliphatic rings. The van der Waals surface area contributed by atoms with E-state index in [2.05, 4.69) is 5.32 Å². The lowest BCUT2D eigenvalue weighted by Crippen LogP contribution is -2.21. The summed E-state index contributed by atoms with van der Waals surface area (Å²) in [4.78, 5) is 0. The Kier molecular flexibility index (Phi) is 4.42. The van der Waals surface area contributed by atoms with E-state index in [0.717, 1.165) is 17.9 Å². The molecule has 0 bridgehead atoms. The van der Waals surface area contributed by atoms with Crippen molar-refractivity contribution in [2.24, 2.45) is 0 Å². The van der Waals surface area contributed by atoms with Gasteiger partial charge in [-0.3, -0.25) is 0 Å². The maximum Gasteiger partial charge on any atom is 0.416 e. The molecule has 0 radical (unpaired) electrons. The van der Waals surface area contributed by atoms with Gasteiger partial charge in [-0.25, -0.2) is 0 Å². The highest BCUT2D eigenvalue weighted by molar-refractivity contribution is 5.62. The monoisotopic (exact) mass is 297 g/mol. The van der Waals surface area contributed by atoms with Crippen molar-refractivity contribution in [3.63, 3.8) is 0 Å². The maximum absolute atomic E-state index is 12.7. The lowest BCUT2D eigenvalue weighted by molar-refractivity contribution is -0.137. The molecule has 1 aromatic carbocycles. The summed E-state index contributed by atoms with van der Waals surface area (Å²) >= 11 is 0. The number of benzene rings is 1. The normalized spacial score (nSPS) is 12.1. The predicted molar refractivity (Wildman–Crippen MR) is 75.9 cm³/mol. The number of nitrogens with one attached hydrogen (secondary N) is 1. The highest BCUT2D eigenvalue weighted by Gasteiger charge is 2.30. The molecule has 5 heteroatoms. The summed E-state index contributed by atoms with van der Waals surface area (Å²) in [5.74, 6) is 1.35. The fraction of sp³-hybridized carbons (Fsp3) is 0.375. The van der Waals surface area contributed by atoms with Crippen molar-refractivity contribution in [3.05, 3.63) is 47.2 Å². The zero-order valence-corrected chi connectivity index (χ0v) is 12.2. The fourth-order valence-corrected chi connectivity index (χ4v) is 2.04. The van der Waals surface area contributed by atoms with Gasteiger partial charge in [-0.2, -0.15) is 13.2 Å². The molecular formula is C16H18F3NO. The van der Waals surface area contributed by atoms with Crippen molar-refractivity contribution < 1.29 is 17.6 Å². The molecule has 114 valence electrons. The summed E-state index contributed by atoms with van der Waals surface area (Å²) in [6, 6.07) is 7.64. The third-order valence-electron chi connectivity index (χ3n) is 3.17. The predicted octanol–water partition coefficient (Wildman–Crippen LogP) is 4.77. The molecule has 2 aromatic rings. The zero-order valence-electron chi connectivity index (χ0n) is 12.2. The molecule has 1 heterocycles. The van der Waals surface area contributed by atoms with Gasteiger partial charge >= 0.3 is 6.18 Å². The number of alkyl halides is 3. The van der Waals surface area contributed by atoms with E-state index in [9.17, 15) is 13.2 Å². The topological polar surface area (TPSA) is 25.2 Å². The molecule has 1 N–H and O–H groups in total. The lowest BCUT2D eigenvalue weighted by atomic mass is 10.0. The van der Waals surface area contributed by atoms with Crippen LogP contribution in [0, 0.1) is 6.92 Å². The van der Waals surface area contributed by atoms with E-state index in [4.69, 9.17) is 4.42 Å². The zero-order chi connectivity index (χ0) is 15.6. The Morgan fingerprint density at radius 2 is 1.86 bits per heavy atom. The van der Waals surface area contributed by atoms with Crippen molar-refractivity contribution in [3.8, 4) is 11.3 Å². The number of hydrogen-bond acceptors (Lipinski definition) is 2. The molecule has 0 aliphatic heterocycles. The summed E-state index contributed by atoms with van der Waals surface area (Å²) in [6.07, 6.45) is -4.32. The molecule has 0 saturated carbocycles. The third-order valence-corrected chi connectivity index (χ3v) is 3.17. The molecule has 0 saturated heterocycles. The molecular weight excluding hydrogens is 279 g/mol. The van der Waals surface area contributed by atoms with Crippen molar-refractivity contribution in [1.82, 2.24) is 5.32 Å². The number of aryl methyl sites for hydroxylation is 1. The summed E-state index contributed by atoms with van der Waals surface area (Å²) in [7, 11) is 0. The van der Waals surface area contributed by atoms with E-state index < -0.39 is 11.7 Å². The van der Waals surface area contributed by atoms with Crippen LogP contribution >= 0.6 is 0 Å². The van der Waals surface area contributed by atoms with Gasteiger partial charge in [0.05, 0.1) is 12.1 Å². The van der Waals surface area contributed by atoms with Crippen LogP contribution in [-0.4, -0.2) is 6.04 Å². The molecule has 0 atom stereocenters. The van der Waals surface area contributed by atoms with Gasteiger partial charge < -0.3 is 9.73 Å². The van der Waals surface area contributed by atoms with Crippen molar-refractivity contribution in [2.45, 2.75) is 39.5 Å². The summed E-state index contributed by atoms with van der Waals surface area (Å²) in [5.41, 5.74) is 0.582. The Hall–Kier alpha value is -1.75. The maximum atomic E-state index is 12.7. The number of rotatable bonds is 4. The molecule has 1 aromatic heterocycles. The Bertz CT molecular complexity index is 614. The van der Waals surface area contributed by atoms with E-state index in [0.29, 0.717) is 29.5 Å². The second-order valence-electron chi connectivity index (χ2n) is 5.33. The molecule has 2 nitrogen and oxygen atoms in total. The van der Waals surface area contributed by atoms with Crippen LogP contribution in [0.4, 0.5) is 13.2 Å². The average Bonchev–Trinajstić information content (AvgIpc) is 2.83. The first kappa shape index (κ1) is 15.6. The first-order valence-corrected chi connectivity index (χ1v) is 6.77. The fourth-order valence-electron chi connectivity index (χ4n) is 2.04. The van der Waals surface area contributed by atoms with Crippen LogP contribution in [-0.2, 0) is 12.7 Å². The van der Waals surface area contributed by atoms with E-state index in [1.54, 1.807) is 13.0 Å². The first-order chi connectivity index (χ1) is 9.77. The van der Waals surface area contributed by atoms with Gasteiger partial charge in [0.15, 0.2) is 0 Å².